The quantitative estimate of drug-likeness (QED) is 0.317. The van der Waals surface area contributed by atoms with Gasteiger partial charge in [-0.25, -0.2) is 0 Å². The van der Waals surface area contributed by atoms with Gasteiger partial charge in [0.15, 0.2) is 0 Å². The fourth-order valence-corrected chi connectivity index (χ4v) is 8.60. The van der Waals surface area contributed by atoms with Gasteiger partial charge in [0.1, 0.15) is 0 Å². The maximum absolute atomic E-state index is 13.8. The van der Waals surface area contributed by atoms with Crippen LogP contribution in [0.2, 0.25) is 10.0 Å². The van der Waals surface area contributed by atoms with E-state index in [2.05, 4.69) is 16.3 Å². The maximum Gasteiger partial charge on any atom is 0.306 e. The van der Waals surface area contributed by atoms with Gasteiger partial charge in [-0.2, -0.15) is 0 Å². The summed E-state index contributed by atoms with van der Waals surface area (Å²) in [5.74, 6) is -1.27. The highest BCUT2D eigenvalue weighted by atomic mass is 35.5. The maximum atomic E-state index is 13.8. The van der Waals surface area contributed by atoms with Gasteiger partial charge < -0.3 is 20.1 Å². The highest BCUT2D eigenvalue weighted by Gasteiger charge is 2.39. The SMILES string of the molecule is O=C(Nc1cc(Cl)c(CC(=O)N2C[C@@H](N3CCCC3)C[C@H]2COC2CCC(C(=O)O)CC2)cc1Cl)c1csc2c1C=CCC2. The molecular formula is C33H39Cl2N3O5S. The van der Waals surface area contributed by atoms with Gasteiger partial charge in [-0.05, 0) is 88.6 Å². The predicted octanol–water partition coefficient (Wildman–Crippen LogP) is 6.53. The molecule has 1 aromatic carbocycles. The lowest BCUT2D eigenvalue weighted by Crippen LogP contribution is -2.41. The second kappa shape index (κ2) is 13.9. The number of carboxylic acids is 1. The molecule has 0 spiro atoms. The largest absolute Gasteiger partial charge is 0.481 e. The van der Waals surface area contributed by atoms with Gasteiger partial charge in [0.2, 0.25) is 5.91 Å². The van der Waals surface area contributed by atoms with Crippen molar-refractivity contribution >= 4 is 64.1 Å². The van der Waals surface area contributed by atoms with Crippen molar-refractivity contribution in [1.82, 2.24) is 9.80 Å². The van der Waals surface area contributed by atoms with Crippen LogP contribution in [-0.4, -0.2) is 77.1 Å². The Kier molecular flexibility index (Phi) is 9.98. The van der Waals surface area contributed by atoms with Crippen LogP contribution < -0.4 is 5.32 Å². The van der Waals surface area contributed by atoms with E-state index < -0.39 is 5.97 Å². The first-order valence-electron chi connectivity index (χ1n) is 15.7. The smallest absolute Gasteiger partial charge is 0.306 e. The highest BCUT2D eigenvalue weighted by Crippen LogP contribution is 2.34. The first-order valence-corrected chi connectivity index (χ1v) is 17.3. The standard InChI is InChI=1S/C33H39Cl2N3O5S/c34-27-16-29(36-32(40)26-19-44-30-6-2-1-5-25(26)30)28(35)13-21(27)14-31(39)38-17-22(37-11-3-4-12-37)15-23(38)18-43-24-9-7-20(8-10-24)33(41)42/h1,5,13,16,19-20,22-24H,2-4,6-12,14-15,17-18H2,(H,36,40)(H,41,42)/t20?,22-,23-,24?/m0/s1. The normalized spacial score (nSPS) is 25.3. The molecule has 1 saturated carbocycles. The average molecular weight is 661 g/mol. The summed E-state index contributed by atoms with van der Waals surface area (Å²) in [6, 6.07) is 3.56. The molecule has 236 valence electrons. The summed E-state index contributed by atoms with van der Waals surface area (Å²) in [7, 11) is 0. The van der Waals surface area contributed by atoms with E-state index in [-0.39, 0.29) is 36.3 Å². The van der Waals surface area contributed by atoms with E-state index in [0.717, 1.165) is 50.8 Å². The van der Waals surface area contributed by atoms with Gasteiger partial charge in [0.25, 0.3) is 5.91 Å². The molecule has 1 aromatic heterocycles. The molecule has 3 fully saturated rings. The molecule has 4 aliphatic rings. The fraction of sp³-hybridized carbons (Fsp3) is 0.545. The van der Waals surface area contributed by atoms with E-state index in [1.165, 1.54) is 17.7 Å². The molecular weight excluding hydrogens is 621 g/mol. The highest BCUT2D eigenvalue weighted by molar-refractivity contribution is 7.10. The molecule has 2 N–H and O–H groups in total. The lowest BCUT2D eigenvalue weighted by atomic mass is 9.87. The number of thiophene rings is 1. The zero-order chi connectivity index (χ0) is 30.8. The minimum Gasteiger partial charge on any atom is -0.481 e. The van der Waals surface area contributed by atoms with Crippen molar-refractivity contribution < 1.29 is 24.2 Å². The molecule has 11 heteroatoms. The third-order valence-corrected chi connectivity index (χ3v) is 11.3. The Labute approximate surface area is 272 Å². The van der Waals surface area contributed by atoms with Crippen LogP contribution in [0.1, 0.15) is 77.7 Å². The van der Waals surface area contributed by atoms with Crippen molar-refractivity contribution in [2.75, 3.05) is 31.6 Å². The first kappa shape index (κ1) is 31.5. The molecule has 2 saturated heterocycles. The fourth-order valence-electron chi connectivity index (χ4n) is 7.10. The minimum absolute atomic E-state index is 0.0266. The number of carbonyl (C=O) groups is 3. The zero-order valence-electron chi connectivity index (χ0n) is 24.7. The Morgan fingerprint density at radius 2 is 1.84 bits per heavy atom. The van der Waals surface area contributed by atoms with Crippen molar-refractivity contribution in [1.29, 1.82) is 0 Å². The number of aryl methyl sites for hydroxylation is 1. The average Bonchev–Trinajstić information content (AvgIpc) is 3.78. The Bertz CT molecular complexity index is 1430. The van der Waals surface area contributed by atoms with Crippen LogP contribution in [0, 0.1) is 5.92 Å². The number of rotatable bonds is 9. The summed E-state index contributed by atoms with van der Waals surface area (Å²) >= 11 is 14.9. The number of hydrogen-bond acceptors (Lipinski definition) is 6. The number of amides is 2. The van der Waals surface area contributed by atoms with Crippen LogP contribution in [0.5, 0.6) is 0 Å². The van der Waals surface area contributed by atoms with Crippen molar-refractivity contribution in [2.45, 2.75) is 82.4 Å². The molecule has 2 aliphatic carbocycles. The van der Waals surface area contributed by atoms with Crippen molar-refractivity contribution in [3.63, 3.8) is 0 Å². The lowest BCUT2D eigenvalue weighted by molar-refractivity contribution is -0.144. The molecule has 2 aromatic rings. The van der Waals surface area contributed by atoms with E-state index >= 15 is 0 Å². The number of ether oxygens (including phenoxy) is 1. The Hall–Kier alpha value is -2.43. The molecule has 2 atom stereocenters. The van der Waals surface area contributed by atoms with Gasteiger partial charge in [0.05, 0.1) is 47.4 Å². The number of hydrogen-bond donors (Lipinski definition) is 2. The molecule has 3 heterocycles. The number of fused-ring (bicyclic) bond motifs is 1. The molecule has 44 heavy (non-hydrogen) atoms. The van der Waals surface area contributed by atoms with E-state index in [1.54, 1.807) is 23.5 Å². The Morgan fingerprint density at radius 3 is 2.59 bits per heavy atom. The number of likely N-dealkylation sites (tertiary alicyclic amines) is 2. The summed E-state index contributed by atoms with van der Waals surface area (Å²) < 4.78 is 6.30. The predicted molar refractivity (Wildman–Crippen MR) is 174 cm³/mol. The minimum atomic E-state index is -0.725. The summed E-state index contributed by atoms with van der Waals surface area (Å²) in [6.07, 6.45) is 12.1. The lowest BCUT2D eigenvalue weighted by Gasteiger charge is -2.30. The number of carboxylic acid groups (broad SMARTS) is 1. The molecule has 8 nitrogen and oxygen atoms in total. The number of halogens is 2. The van der Waals surface area contributed by atoms with Crippen LogP contribution in [0.4, 0.5) is 5.69 Å². The summed E-state index contributed by atoms with van der Waals surface area (Å²) in [4.78, 5) is 43.9. The number of benzene rings is 1. The number of nitrogens with zero attached hydrogens (tertiary/aromatic N) is 2. The van der Waals surface area contributed by atoms with Crippen LogP contribution in [0.25, 0.3) is 6.08 Å². The van der Waals surface area contributed by atoms with Crippen LogP contribution in [-0.2, 0) is 27.2 Å². The van der Waals surface area contributed by atoms with Crippen LogP contribution in [0.3, 0.4) is 0 Å². The number of allylic oxidation sites excluding steroid dienone is 1. The molecule has 0 radical (unpaired) electrons. The number of nitrogens with one attached hydrogen (secondary N) is 1. The summed E-state index contributed by atoms with van der Waals surface area (Å²) in [5, 5.41) is 14.8. The third-order valence-electron chi connectivity index (χ3n) is 9.62. The molecule has 2 amide bonds. The second-order valence-corrected chi connectivity index (χ2v) is 14.2. The van der Waals surface area contributed by atoms with Gasteiger partial charge >= 0.3 is 5.97 Å². The van der Waals surface area contributed by atoms with Crippen molar-refractivity contribution in [3.05, 3.63) is 55.2 Å². The first-order chi connectivity index (χ1) is 21.3. The summed E-state index contributed by atoms with van der Waals surface area (Å²) in [5.41, 5.74) is 2.62. The Morgan fingerprint density at radius 1 is 1.07 bits per heavy atom. The number of carbonyl (C=O) groups excluding carboxylic acids is 2. The van der Waals surface area contributed by atoms with E-state index in [9.17, 15) is 19.5 Å². The molecule has 6 rings (SSSR count). The van der Waals surface area contributed by atoms with Crippen molar-refractivity contribution in [2.24, 2.45) is 5.92 Å². The third kappa shape index (κ3) is 7.02. The van der Waals surface area contributed by atoms with E-state index in [1.807, 2.05) is 16.4 Å². The molecule has 2 aliphatic heterocycles. The van der Waals surface area contributed by atoms with Gasteiger partial charge in [0, 0.05) is 33.4 Å². The monoisotopic (exact) mass is 659 g/mol. The topological polar surface area (TPSA) is 99.2 Å². The van der Waals surface area contributed by atoms with Gasteiger partial charge in [-0.1, -0.05) is 35.4 Å². The number of aliphatic carboxylic acids is 1. The van der Waals surface area contributed by atoms with Crippen molar-refractivity contribution in [3.8, 4) is 0 Å². The van der Waals surface area contributed by atoms with E-state index in [4.69, 9.17) is 27.9 Å². The second-order valence-electron chi connectivity index (χ2n) is 12.5. The van der Waals surface area contributed by atoms with E-state index in [0.29, 0.717) is 58.9 Å². The van der Waals surface area contributed by atoms with Gasteiger partial charge in [-0.15, -0.1) is 11.3 Å². The summed E-state index contributed by atoms with van der Waals surface area (Å²) in [6.45, 7) is 3.20. The van der Waals surface area contributed by atoms with Gasteiger partial charge in [-0.3, -0.25) is 19.3 Å². The molecule has 0 bridgehead atoms. The van der Waals surface area contributed by atoms with Crippen LogP contribution >= 0.6 is 34.5 Å². The van der Waals surface area contributed by atoms with Crippen LogP contribution in [0.15, 0.2) is 23.6 Å². The number of anilines is 1. The zero-order valence-corrected chi connectivity index (χ0v) is 27.1. The Balaban J connectivity index is 1.11. The molecule has 0 unspecified atom stereocenters.